The van der Waals surface area contributed by atoms with Gasteiger partial charge in [-0.15, -0.1) is 0 Å². The molecule has 1 nitrogen and oxygen atoms in total. The molecule has 0 bridgehead atoms. The van der Waals surface area contributed by atoms with Crippen LogP contribution in [0.2, 0.25) is 0 Å². The predicted octanol–water partition coefficient (Wildman–Crippen LogP) is 7.10. The SMILES string of the molecule is CP1(=O)c2ccccc2-c2c(-c3cc(-c4ccccc4)c4ccccc4c3)cccc21. The van der Waals surface area contributed by atoms with Gasteiger partial charge in [0.05, 0.1) is 0 Å². The Morgan fingerprint density at radius 2 is 1.23 bits per heavy atom. The smallest absolute Gasteiger partial charge is 0.141 e. The maximum Gasteiger partial charge on any atom is 0.141 e. The van der Waals surface area contributed by atoms with E-state index in [1.165, 1.54) is 21.9 Å². The van der Waals surface area contributed by atoms with Crippen molar-refractivity contribution in [3.8, 4) is 33.4 Å². The molecule has 0 N–H and O–H groups in total. The summed E-state index contributed by atoms with van der Waals surface area (Å²) in [6.45, 7) is 1.90. The van der Waals surface area contributed by atoms with E-state index in [4.69, 9.17) is 0 Å². The zero-order chi connectivity index (χ0) is 21.0. The Bertz CT molecular complexity index is 1520. The first-order valence-electron chi connectivity index (χ1n) is 10.5. The summed E-state index contributed by atoms with van der Waals surface area (Å²) >= 11 is 0. The van der Waals surface area contributed by atoms with Crippen LogP contribution in [-0.4, -0.2) is 6.66 Å². The van der Waals surface area contributed by atoms with Crippen LogP contribution in [0.25, 0.3) is 44.2 Å². The third kappa shape index (κ3) is 2.74. The fourth-order valence-electron chi connectivity index (χ4n) is 4.93. The van der Waals surface area contributed by atoms with Crippen molar-refractivity contribution in [3.05, 3.63) is 109 Å². The summed E-state index contributed by atoms with van der Waals surface area (Å²) in [6.07, 6.45) is 0. The van der Waals surface area contributed by atoms with Crippen LogP contribution >= 0.6 is 7.14 Å². The van der Waals surface area contributed by atoms with E-state index in [-0.39, 0.29) is 0 Å². The molecule has 0 fully saturated rings. The van der Waals surface area contributed by atoms with Crippen LogP contribution in [0.15, 0.2) is 109 Å². The van der Waals surface area contributed by atoms with Crippen LogP contribution in [0.1, 0.15) is 0 Å². The maximum absolute atomic E-state index is 13.7. The van der Waals surface area contributed by atoms with Gasteiger partial charge in [-0.25, -0.2) is 0 Å². The molecule has 6 rings (SSSR count). The van der Waals surface area contributed by atoms with Crippen LogP contribution in [-0.2, 0) is 4.57 Å². The Kier molecular flexibility index (Phi) is 4.03. The maximum atomic E-state index is 13.7. The summed E-state index contributed by atoms with van der Waals surface area (Å²) in [6, 6.07) is 38.1. The van der Waals surface area contributed by atoms with Crippen molar-refractivity contribution in [1.29, 1.82) is 0 Å². The van der Waals surface area contributed by atoms with Crippen molar-refractivity contribution in [2.75, 3.05) is 6.66 Å². The second kappa shape index (κ2) is 6.80. The first-order valence-corrected chi connectivity index (χ1v) is 12.7. The number of rotatable bonds is 2. The molecule has 2 heteroatoms. The molecule has 1 unspecified atom stereocenters. The normalized spacial score (nSPS) is 16.8. The predicted molar refractivity (Wildman–Crippen MR) is 133 cm³/mol. The van der Waals surface area contributed by atoms with Crippen LogP contribution in [0, 0.1) is 0 Å². The minimum atomic E-state index is -2.59. The second-order valence-corrected chi connectivity index (χ2v) is 11.1. The van der Waals surface area contributed by atoms with E-state index < -0.39 is 7.14 Å². The highest BCUT2D eigenvalue weighted by molar-refractivity contribution is 7.79. The lowest BCUT2D eigenvalue weighted by molar-refractivity contribution is 0.591. The molecule has 0 aliphatic carbocycles. The van der Waals surface area contributed by atoms with Gasteiger partial charge in [0.1, 0.15) is 7.14 Å². The molecule has 0 amide bonds. The van der Waals surface area contributed by atoms with Crippen molar-refractivity contribution in [3.63, 3.8) is 0 Å². The Labute approximate surface area is 182 Å². The van der Waals surface area contributed by atoms with Crippen molar-refractivity contribution in [2.24, 2.45) is 0 Å². The summed E-state index contributed by atoms with van der Waals surface area (Å²) in [5.74, 6) is 0. The number of fused-ring (bicyclic) bond motifs is 4. The molecule has 1 aliphatic rings. The monoisotopic (exact) mass is 416 g/mol. The van der Waals surface area contributed by atoms with Crippen LogP contribution in [0.5, 0.6) is 0 Å². The van der Waals surface area contributed by atoms with Gasteiger partial charge in [0.2, 0.25) is 0 Å². The highest BCUT2D eigenvalue weighted by Gasteiger charge is 2.35. The highest BCUT2D eigenvalue weighted by atomic mass is 31.2. The van der Waals surface area contributed by atoms with Crippen LogP contribution < -0.4 is 10.6 Å². The Morgan fingerprint density at radius 3 is 2.10 bits per heavy atom. The third-order valence-electron chi connectivity index (χ3n) is 6.39. The standard InChI is InChI=1S/C29H21OP/c1-31(30)27-16-8-7-14-25(27)29-24(15-9-17-28(29)31)22-18-21-12-5-6-13-23(21)26(19-22)20-10-3-2-4-11-20/h2-19H,1H3. The van der Waals surface area contributed by atoms with Gasteiger partial charge in [0, 0.05) is 16.2 Å². The first kappa shape index (κ1) is 18.4. The molecule has 1 heterocycles. The molecule has 0 saturated carbocycles. The van der Waals surface area contributed by atoms with Gasteiger partial charge in [0.15, 0.2) is 0 Å². The van der Waals surface area contributed by atoms with E-state index in [0.717, 1.165) is 32.9 Å². The number of benzene rings is 5. The van der Waals surface area contributed by atoms with Gasteiger partial charge in [-0.3, -0.25) is 0 Å². The number of hydrogen-bond acceptors (Lipinski definition) is 1. The van der Waals surface area contributed by atoms with E-state index in [0.29, 0.717) is 0 Å². The average molecular weight is 416 g/mol. The van der Waals surface area contributed by atoms with Crippen molar-refractivity contribution in [2.45, 2.75) is 0 Å². The molecule has 5 aromatic carbocycles. The summed E-state index contributed by atoms with van der Waals surface area (Å²) in [5.41, 5.74) is 6.96. The molecule has 31 heavy (non-hydrogen) atoms. The largest absolute Gasteiger partial charge is 0.314 e. The molecule has 5 aromatic rings. The summed E-state index contributed by atoms with van der Waals surface area (Å²) in [7, 11) is -2.59. The fraction of sp³-hybridized carbons (Fsp3) is 0.0345. The first-order chi connectivity index (χ1) is 15.1. The lowest BCUT2D eigenvalue weighted by atomic mass is 9.89. The van der Waals surface area contributed by atoms with E-state index in [2.05, 4.69) is 78.9 Å². The third-order valence-corrected chi connectivity index (χ3v) is 8.99. The summed E-state index contributed by atoms with van der Waals surface area (Å²) < 4.78 is 13.7. The van der Waals surface area contributed by atoms with E-state index in [1.54, 1.807) is 0 Å². The Morgan fingerprint density at radius 1 is 0.548 bits per heavy atom. The molecule has 0 saturated heterocycles. The molecule has 0 spiro atoms. The molecule has 1 aliphatic heterocycles. The zero-order valence-electron chi connectivity index (χ0n) is 17.2. The minimum absolute atomic E-state index is 0.973. The van der Waals surface area contributed by atoms with Crippen molar-refractivity contribution in [1.82, 2.24) is 0 Å². The average Bonchev–Trinajstić information content (AvgIpc) is 3.06. The lowest BCUT2D eigenvalue weighted by Crippen LogP contribution is -2.07. The quantitative estimate of drug-likeness (QED) is 0.281. The Hall–Kier alpha value is -3.41. The van der Waals surface area contributed by atoms with Gasteiger partial charge in [-0.05, 0) is 57.4 Å². The van der Waals surface area contributed by atoms with Crippen molar-refractivity contribution < 1.29 is 4.57 Å². The van der Waals surface area contributed by atoms with E-state index in [1.807, 2.05) is 37.0 Å². The summed E-state index contributed by atoms with van der Waals surface area (Å²) in [5, 5.41) is 4.40. The molecular formula is C29H21OP. The fourth-order valence-corrected chi connectivity index (χ4v) is 7.24. The zero-order valence-corrected chi connectivity index (χ0v) is 18.1. The van der Waals surface area contributed by atoms with Crippen molar-refractivity contribution >= 4 is 28.5 Å². The van der Waals surface area contributed by atoms with E-state index >= 15 is 0 Å². The van der Waals surface area contributed by atoms with Gasteiger partial charge in [0.25, 0.3) is 0 Å². The minimum Gasteiger partial charge on any atom is -0.314 e. The summed E-state index contributed by atoms with van der Waals surface area (Å²) in [4.78, 5) is 0. The number of hydrogen-bond donors (Lipinski definition) is 0. The van der Waals surface area contributed by atoms with Gasteiger partial charge in [-0.2, -0.15) is 0 Å². The lowest BCUT2D eigenvalue weighted by Gasteiger charge is -2.15. The molecule has 1 atom stereocenters. The molecular weight excluding hydrogens is 395 g/mol. The van der Waals surface area contributed by atoms with E-state index in [9.17, 15) is 4.57 Å². The van der Waals surface area contributed by atoms with Gasteiger partial charge in [-0.1, -0.05) is 97.1 Å². The second-order valence-electron chi connectivity index (χ2n) is 8.25. The Balaban J connectivity index is 1.68. The van der Waals surface area contributed by atoms with Gasteiger partial charge < -0.3 is 4.57 Å². The van der Waals surface area contributed by atoms with Gasteiger partial charge >= 0.3 is 0 Å². The van der Waals surface area contributed by atoms with Crippen LogP contribution in [0.3, 0.4) is 0 Å². The topological polar surface area (TPSA) is 17.1 Å². The molecule has 0 aromatic heterocycles. The molecule has 0 radical (unpaired) electrons. The highest BCUT2D eigenvalue weighted by Crippen LogP contribution is 2.52. The molecule has 148 valence electrons. The van der Waals surface area contributed by atoms with Crippen LogP contribution in [0.4, 0.5) is 0 Å².